The average Bonchev–Trinajstić information content (AvgIpc) is 4.26. The summed E-state index contributed by atoms with van der Waals surface area (Å²) in [5.41, 5.74) is 14.4. The molecule has 0 N–H and O–H groups in total. The lowest BCUT2D eigenvalue weighted by atomic mass is 9.98. The summed E-state index contributed by atoms with van der Waals surface area (Å²) in [5.74, 6) is 1.73. The van der Waals surface area contributed by atoms with Crippen LogP contribution in [0.4, 0.5) is 0 Å². The third-order valence-electron chi connectivity index (χ3n) is 13.7. The lowest BCUT2D eigenvalue weighted by Gasteiger charge is -2.13. The summed E-state index contributed by atoms with van der Waals surface area (Å²) in [7, 11) is 0. The largest absolute Gasteiger partial charge is 0.494 e. The molecule has 9 rings (SSSR count). The molecule has 6 nitrogen and oxygen atoms in total. The smallest absolute Gasteiger partial charge is 0.119 e. The van der Waals surface area contributed by atoms with E-state index in [1.165, 1.54) is 89.9 Å². The van der Waals surface area contributed by atoms with Crippen LogP contribution in [0, 0.1) is 0 Å². The van der Waals surface area contributed by atoms with Crippen LogP contribution in [-0.2, 0) is 0 Å². The first-order chi connectivity index (χ1) is 35.4. The SMILES string of the molecule is CCCCCCCCCCOc1ccc(C2=C3C=CC(=N3)C(c3ccc(Br)cc3)=C3C=CC(=N3)C(c3ccc(OCCCCCCCCCC)cc3)=C3C=CC(=N3)C(c3ccc(Br)cc3)=C3C=CC2=N3)cc1. The molecule has 0 spiro atoms. The van der Waals surface area contributed by atoms with E-state index in [0.29, 0.717) is 13.2 Å². The number of ether oxygens (including phenoxy) is 2. The second-order valence-corrected chi connectivity index (χ2v) is 20.9. The molecule has 4 aromatic carbocycles. The van der Waals surface area contributed by atoms with E-state index in [1.807, 2.05) is 0 Å². The number of fused-ring (bicyclic) bond motifs is 4. The van der Waals surface area contributed by atoms with Crippen molar-refractivity contribution >= 4 is 77.0 Å². The van der Waals surface area contributed by atoms with Crippen molar-refractivity contribution in [1.29, 1.82) is 0 Å². The zero-order valence-corrected chi connectivity index (χ0v) is 45.1. The molecule has 0 saturated carbocycles. The van der Waals surface area contributed by atoms with E-state index in [-0.39, 0.29) is 0 Å². The summed E-state index contributed by atoms with van der Waals surface area (Å²) < 4.78 is 14.6. The Morgan fingerprint density at radius 2 is 0.556 bits per heavy atom. The lowest BCUT2D eigenvalue weighted by Crippen LogP contribution is -2.04. The number of halogens is 2. The van der Waals surface area contributed by atoms with E-state index in [1.54, 1.807) is 0 Å². The van der Waals surface area contributed by atoms with E-state index >= 15 is 0 Å². The van der Waals surface area contributed by atoms with Crippen molar-refractivity contribution in [3.8, 4) is 11.5 Å². The van der Waals surface area contributed by atoms with Crippen LogP contribution in [0.15, 0.2) is 197 Å². The van der Waals surface area contributed by atoms with Crippen LogP contribution < -0.4 is 9.47 Å². The molecule has 0 saturated heterocycles. The normalized spacial score (nSPS) is 15.8. The Balaban J connectivity index is 1.09. The molecule has 8 bridgehead atoms. The summed E-state index contributed by atoms with van der Waals surface area (Å²) in [6.45, 7) is 5.97. The lowest BCUT2D eigenvalue weighted by molar-refractivity contribution is 0.304. The van der Waals surface area contributed by atoms with Gasteiger partial charge in [-0.2, -0.15) is 0 Å². The molecule has 72 heavy (non-hydrogen) atoms. The fraction of sp³-hybridized carbons (Fsp3) is 0.312. The highest BCUT2D eigenvalue weighted by Crippen LogP contribution is 2.39. The number of benzene rings is 4. The third kappa shape index (κ3) is 13.0. The van der Waals surface area contributed by atoms with E-state index < -0.39 is 0 Å². The molecule has 8 heteroatoms. The van der Waals surface area contributed by atoms with Crippen LogP contribution in [-0.4, -0.2) is 36.1 Å². The number of hydrogen-bond donors (Lipinski definition) is 0. The van der Waals surface area contributed by atoms with Gasteiger partial charge in [-0.3, -0.25) is 0 Å². The molecule has 0 radical (unpaired) electrons. The monoisotopic (exact) mass is 1080 g/mol. The fourth-order valence-electron chi connectivity index (χ4n) is 9.79. The van der Waals surface area contributed by atoms with Gasteiger partial charge in [0.15, 0.2) is 0 Å². The van der Waals surface area contributed by atoms with Gasteiger partial charge in [-0.1, -0.05) is 184 Å². The number of unbranched alkanes of at least 4 members (excludes halogenated alkanes) is 14. The molecular formula is C64H66Br2N4O2. The van der Waals surface area contributed by atoms with Crippen LogP contribution in [0.5, 0.6) is 11.5 Å². The Hall–Kier alpha value is -5.96. The molecular weight excluding hydrogens is 1020 g/mol. The molecule has 0 aliphatic carbocycles. The van der Waals surface area contributed by atoms with Crippen molar-refractivity contribution in [2.45, 2.75) is 117 Å². The van der Waals surface area contributed by atoms with Gasteiger partial charge in [0.05, 0.1) is 58.8 Å². The van der Waals surface area contributed by atoms with Crippen molar-refractivity contribution in [3.63, 3.8) is 0 Å². The van der Waals surface area contributed by atoms with Gasteiger partial charge in [0.2, 0.25) is 0 Å². The first-order valence-electron chi connectivity index (χ1n) is 26.5. The maximum atomic E-state index is 6.28. The van der Waals surface area contributed by atoms with Crippen LogP contribution >= 0.6 is 31.9 Å². The maximum Gasteiger partial charge on any atom is 0.119 e. The van der Waals surface area contributed by atoms with Gasteiger partial charge in [-0.15, -0.1) is 0 Å². The molecule has 368 valence electrons. The molecule has 0 atom stereocenters. The summed E-state index contributed by atoms with van der Waals surface area (Å²) in [5, 5.41) is 0. The molecule has 4 aromatic rings. The van der Waals surface area contributed by atoms with Crippen LogP contribution in [0.25, 0.3) is 22.3 Å². The van der Waals surface area contributed by atoms with Crippen molar-refractivity contribution < 1.29 is 9.47 Å². The summed E-state index contributed by atoms with van der Waals surface area (Å²) in [6.07, 6.45) is 37.2. The quantitative estimate of drug-likeness (QED) is 0.0656. The fourth-order valence-corrected chi connectivity index (χ4v) is 10.3. The Labute approximate surface area is 444 Å². The topological polar surface area (TPSA) is 67.9 Å². The second kappa shape index (κ2) is 25.6. The van der Waals surface area contributed by atoms with Crippen molar-refractivity contribution in [1.82, 2.24) is 0 Å². The highest BCUT2D eigenvalue weighted by Gasteiger charge is 2.28. The summed E-state index contributed by atoms with van der Waals surface area (Å²) >= 11 is 7.35. The Bertz CT molecular complexity index is 2750. The zero-order valence-electron chi connectivity index (χ0n) is 41.9. The van der Waals surface area contributed by atoms with Crippen molar-refractivity contribution in [2.24, 2.45) is 20.0 Å². The van der Waals surface area contributed by atoms with Crippen LogP contribution in [0.3, 0.4) is 0 Å². The highest BCUT2D eigenvalue weighted by molar-refractivity contribution is 9.10. The van der Waals surface area contributed by atoms with Gasteiger partial charge in [0, 0.05) is 31.2 Å². The van der Waals surface area contributed by atoms with Gasteiger partial charge in [0.25, 0.3) is 0 Å². The number of aliphatic imine (C=N–C) groups is 4. The maximum absolute atomic E-state index is 6.28. The minimum Gasteiger partial charge on any atom is -0.494 e. The third-order valence-corrected chi connectivity index (χ3v) is 14.8. The average molecular weight is 1080 g/mol. The Kier molecular flexibility index (Phi) is 18.1. The van der Waals surface area contributed by atoms with Gasteiger partial charge >= 0.3 is 0 Å². The van der Waals surface area contributed by atoms with Gasteiger partial charge in [-0.05, 0) is 132 Å². The molecule has 5 heterocycles. The highest BCUT2D eigenvalue weighted by atomic mass is 79.9. The van der Waals surface area contributed by atoms with Gasteiger partial charge in [0.1, 0.15) is 11.5 Å². The minimum atomic E-state index is 0.713. The Morgan fingerprint density at radius 1 is 0.306 bits per heavy atom. The van der Waals surface area contributed by atoms with Crippen LogP contribution in [0.2, 0.25) is 0 Å². The predicted molar refractivity (Wildman–Crippen MR) is 311 cm³/mol. The van der Waals surface area contributed by atoms with Crippen molar-refractivity contribution in [2.75, 3.05) is 13.2 Å². The van der Waals surface area contributed by atoms with E-state index in [2.05, 4.69) is 191 Å². The number of rotatable bonds is 24. The van der Waals surface area contributed by atoms with Crippen LogP contribution in [0.1, 0.15) is 139 Å². The molecule has 5 aliphatic heterocycles. The summed E-state index contributed by atoms with van der Waals surface area (Å²) in [4.78, 5) is 21.9. The number of nitrogens with zero attached hydrogens (tertiary/aromatic N) is 4. The molecule has 0 aromatic heterocycles. The zero-order chi connectivity index (χ0) is 49.5. The minimum absolute atomic E-state index is 0.713. The van der Waals surface area contributed by atoms with E-state index in [9.17, 15) is 0 Å². The molecule has 0 fully saturated rings. The molecule has 0 amide bonds. The standard InChI is InChI=1S/C64H66Br2N4O2/c1-3-5-7-9-11-13-15-17-43-71-51-31-23-47(24-32-51)63-57-39-35-53(67-57)61(45-19-27-49(65)28-20-45)55-37-41-59(69-55)64(48-25-33-52(34-26-48)72-44-18-16-14-12-10-8-6-4-2)60-42-38-56(70-60)62(54-36-40-58(63)68-54)46-21-29-50(66)30-22-46/h19-42H,3-18,43-44H2,1-2H3. The predicted octanol–water partition coefficient (Wildman–Crippen LogP) is 18.3. The first kappa shape index (κ1) is 51.0. The number of allylic oxidation sites excluding steroid dienone is 12. The second-order valence-electron chi connectivity index (χ2n) is 19.1. The van der Waals surface area contributed by atoms with Crippen molar-refractivity contribution in [3.05, 3.63) is 200 Å². The van der Waals surface area contributed by atoms with E-state index in [0.717, 1.165) is 123 Å². The van der Waals surface area contributed by atoms with Gasteiger partial charge in [-0.25, -0.2) is 20.0 Å². The van der Waals surface area contributed by atoms with Gasteiger partial charge < -0.3 is 9.47 Å². The number of hydrogen-bond acceptors (Lipinski definition) is 6. The Morgan fingerprint density at radius 3 is 0.833 bits per heavy atom. The van der Waals surface area contributed by atoms with E-state index in [4.69, 9.17) is 29.4 Å². The molecule has 0 unspecified atom stereocenters. The first-order valence-corrected chi connectivity index (χ1v) is 28.1. The summed E-state index contributed by atoms with van der Waals surface area (Å²) in [6, 6.07) is 33.7. The molecule has 5 aliphatic rings.